The van der Waals surface area contributed by atoms with E-state index in [0.29, 0.717) is 22.0 Å². The molecule has 0 heterocycles. The van der Waals surface area contributed by atoms with E-state index >= 15 is 0 Å². The molecule has 0 atom stereocenters. The lowest BCUT2D eigenvalue weighted by molar-refractivity contribution is 0.0987. The number of Topliss-reactive ketones (excluding diaryl/α,β-unsaturated/α-hetero) is 1. The summed E-state index contributed by atoms with van der Waals surface area (Å²) >= 11 is 3.15. The van der Waals surface area contributed by atoms with Crippen molar-refractivity contribution in [3.8, 4) is 0 Å². The molecule has 1 aromatic rings. The molecule has 3 heteroatoms. The van der Waals surface area contributed by atoms with Crippen LogP contribution in [0.2, 0.25) is 0 Å². The smallest absolute Gasteiger partial charge is 0.163 e. The number of carbonyl (C=O) groups is 1. The lowest BCUT2D eigenvalue weighted by Gasteiger charge is -2.04. The molecule has 0 aliphatic heterocycles. The molecule has 1 nitrogen and oxygen atoms in total. The monoisotopic (exact) mass is 244 g/mol. The van der Waals surface area contributed by atoms with Crippen molar-refractivity contribution in [3.05, 3.63) is 33.5 Å². The number of hydrogen-bond acceptors (Lipinski definition) is 1. The van der Waals surface area contributed by atoms with Crippen LogP contribution in [0.25, 0.3) is 0 Å². The summed E-state index contributed by atoms with van der Waals surface area (Å²) in [4.78, 5) is 11.4. The van der Waals surface area contributed by atoms with Crippen LogP contribution < -0.4 is 0 Å². The lowest BCUT2D eigenvalue weighted by atomic mass is 10.0. The SMILES string of the molecule is CCC(=O)c1cc(Br)cc(F)c1C. The van der Waals surface area contributed by atoms with Crippen LogP contribution in [0.5, 0.6) is 0 Å². The summed E-state index contributed by atoms with van der Waals surface area (Å²) in [5, 5.41) is 0. The van der Waals surface area contributed by atoms with Gasteiger partial charge in [-0.1, -0.05) is 22.9 Å². The molecule has 0 amide bonds. The lowest BCUT2D eigenvalue weighted by Crippen LogP contribution is -2.01. The van der Waals surface area contributed by atoms with Crippen LogP contribution in [0.1, 0.15) is 29.3 Å². The molecule has 0 saturated carbocycles. The fourth-order valence-corrected chi connectivity index (χ4v) is 1.56. The first-order valence-electron chi connectivity index (χ1n) is 4.05. The Morgan fingerprint density at radius 1 is 1.54 bits per heavy atom. The summed E-state index contributed by atoms with van der Waals surface area (Å²) in [7, 11) is 0. The van der Waals surface area contributed by atoms with Gasteiger partial charge < -0.3 is 0 Å². The molecule has 0 aliphatic rings. The van der Waals surface area contributed by atoms with Crippen LogP contribution in [0, 0.1) is 12.7 Å². The predicted octanol–water partition coefficient (Wildman–Crippen LogP) is 3.49. The van der Waals surface area contributed by atoms with E-state index in [1.54, 1.807) is 19.9 Å². The van der Waals surface area contributed by atoms with E-state index in [2.05, 4.69) is 15.9 Å². The Balaban J connectivity index is 3.28. The number of carbonyl (C=O) groups excluding carboxylic acids is 1. The third-order valence-electron chi connectivity index (χ3n) is 1.93. The highest BCUT2D eigenvalue weighted by molar-refractivity contribution is 9.10. The van der Waals surface area contributed by atoms with E-state index in [1.165, 1.54) is 6.07 Å². The van der Waals surface area contributed by atoms with E-state index in [4.69, 9.17) is 0 Å². The van der Waals surface area contributed by atoms with Gasteiger partial charge in [-0.2, -0.15) is 0 Å². The predicted molar refractivity (Wildman–Crippen MR) is 53.5 cm³/mol. The first-order chi connectivity index (χ1) is 6.06. The van der Waals surface area contributed by atoms with Crippen LogP contribution in [-0.2, 0) is 0 Å². The molecule has 0 aliphatic carbocycles. The third kappa shape index (κ3) is 2.15. The topological polar surface area (TPSA) is 17.1 Å². The molecule has 1 aromatic carbocycles. The van der Waals surface area contributed by atoms with Gasteiger partial charge in [-0.05, 0) is 24.6 Å². The van der Waals surface area contributed by atoms with Gasteiger partial charge in [-0.25, -0.2) is 4.39 Å². The Hall–Kier alpha value is -0.700. The summed E-state index contributed by atoms with van der Waals surface area (Å²) in [5.41, 5.74) is 0.893. The molecular formula is C10H10BrFO. The van der Waals surface area contributed by atoms with Crippen molar-refractivity contribution in [2.75, 3.05) is 0 Å². The number of hydrogen-bond donors (Lipinski definition) is 0. The normalized spacial score (nSPS) is 10.2. The second-order valence-corrected chi connectivity index (χ2v) is 3.75. The van der Waals surface area contributed by atoms with Crippen molar-refractivity contribution < 1.29 is 9.18 Å². The zero-order valence-electron chi connectivity index (χ0n) is 7.53. The van der Waals surface area contributed by atoms with Crippen molar-refractivity contribution in [3.63, 3.8) is 0 Å². The van der Waals surface area contributed by atoms with E-state index in [0.717, 1.165) is 0 Å². The minimum Gasteiger partial charge on any atom is -0.294 e. The molecule has 0 radical (unpaired) electrons. The van der Waals surface area contributed by atoms with Crippen molar-refractivity contribution >= 4 is 21.7 Å². The van der Waals surface area contributed by atoms with Crippen LogP contribution in [0.4, 0.5) is 4.39 Å². The molecule has 70 valence electrons. The van der Waals surface area contributed by atoms with Gasteiger partial charge in [0.1, 0.15) is 5.82 Å². The Morgan fingerprint density at radius 3 is 2.69 bits per heavy atom. The number of rotatable bonds is 2. The van der Waals surface area contributed by atoms with E-state index < -0.39 is 0 Å². The van der Waals surface area contributed by atoms with Gasteiger partial charge in [0, 0.05) is 16.5 Å². The summed E-state index contributed by atoms with van der Waals surface area (Å²) in [6, 6.07) is 3.02. The molecule has 0 saturated heterocycles. The van der Waals surface area contributed by atoms with Gasteiger partial charge in [0.15, 0.2) is 5.78 Å². The van der Waals surface area contributed by atoms with Gasteiger partial charge in [-0.3, -0.25) is 4.79 Å². The Bertz CT molecular complexity index is 347. The van der Waals surface area contributed by atoms with Gasteiger partial charge in [0.2, 0.25) is 0 Å². The van der Waals surface area contributed by atoms with Gasteiger partial charge >= 0.3 is 0 Å². The molecule has 0 unspecified atom stereocenters. The van der Waals surface area contributed by atoms with E-state index in [-0.39, 0.29) is 11.6 Å². The average Bonchev–Trinajstić information content (AvgIpc) is 2.10. The quantitative estimate of drug-likeness (QED) is 0.729. The maximum atomic E-state index is 13.2. The second kappa shape index (κ2) is 4.01. The molecule has 0 bridgehead atoms. The standard InChI is InChI=1S/C10H10BrFO/c1-3-10(13)8-4-7(11)5-9(12)6(8)2/h4-5H,3H2,1-2H3. The van der Waals surface area contributed by atoms with Crippen LogP contribution in [-0.4, -0.2) is 5.78 Å². The second-order valence-electron chi connectivity index (χ2n) is 2.84. The maximum Gasteiger partial charge on any atom is 0.163 e. The molecular weight excluding hydrogens is 235 g/mol. The highest BCUT2D eigenvalue weighted by Crippen LogP contribution is 2.20. The van der Waals surface area contributed by atoms with Gasteiger partial charge in [0.05, 0.1) is 0 Å². The van der Waals surface area contributed by atoms with Crippen LogP contribution in [0.15, 0.2) is 16.6 Å². The molecule has 0 N–H and O–H groups in total. The molecule has 0 spiro atoms. The first-order valence-corrected chi connectivity index (χ1v) is 4.84. The van der Waals surface area contributed by atoms with Crippen LogP contribution in [0.3, 0.4) is 0 Å². The van der Waals surface area contributed by atoms with Crippen LogP contribution >= 0.6 is 15.9 Å². The highest BCUT2D eigenvalue weighted by atomic mass is 79.9. The van der Waals surface area contributed by atoms with Gasteiger partial charge in [0.25, 0.3) is 0 Å². The van der Waals surface area contributed by atoms with Crippen molar-refractivity contribution in [2.24, 2.45) is 0 Å². The largest absolute Gasteiger partial charge is 0.294 e. The summed E-state index contributed by atoms with van der Waals surface area (Å²) in [6.07, 6.45) is 0.400. The molecule has 1 rings (SSSR count). The fourth-order valence-electron chi connectivity index (χ4n) is 1.13. The maximum absolute atomic E-state index is 13.2. The van der Waals surface area contributed by atoms with Gasteiger partial charge in [-0.15, -0.1) is 0 Å². The number of halogens is 2. The summed E-state index contributed by atoms with van der Waals surface area (Å²) < 4.78 is 13.8. The highest BCUT2D eigenvalue weighted by Gasteiger charge is 2.11. The van der Waals surface area contributed by atoms with Crippen molar-refractivity contribution in [1.82, 2.24) is 0 Å². The van der Waals surface area contributed by atoms with Crippen molar-refractivity contribution in [1.29, 1.82) is 0 Å². The fraction of sp³-hybridized carbons (Fsp3) is 0.300. The van der Waals surface area contributed by atoms with E-state index in [9.17, 15) is 9.18 Å². The minimum atomic E-state index is -0.342. The van der Waals surface area contributed by atoms with Crippen molar-refractivity contribution in [2.45, 2.75) is 20.3 Å². The zero-order chi connectivity index (χ0) is 10.0. The number of ketones is 1. The molecule has 0 fully saturated rings. The Kier molecular flexibility index (Phi) is 3.20. The third-order valence-corrected chi connectivity index (χ3v) is 2.39. The first kappa shape index (κ1) is 10.4. The molecule has 0 aromatic heterocycles. The molecule has 13 heavy (non-hydrogen) atoms. The zero-order valence-corrected chi connectivity index (χ0v) is 9.11. The summed E-state index contributed by atoms with van der Waals surface area (Å²) in [5.74, 6) is -0.371. The van der Waals surface area contributed by atoms with E-state index in [1.807, 2.05) is 0 Å². The Labute approximate surface area is 85.1 Å². The average molecular weight is 245 g/mol. The Morgan fingerprint density at radius 2 is 2.15 bits per heavy atom. The number of benzene rings is 1. The summed E-state index contributed by atoms with van der Waals surface area (Å²) in [6.45, 7) is 3.38. The minimum absolute atomic E-state index is 0.0299.